The Balaban J connectivity index is 1.66. The summed E-state index contributed by atoms with van der Waals surface area (Å²) in [6, 6.07) is 10.6. The van der Waals surface area contributed by atoms with Gasteiger partial charge in [-0.2, -0.15) is 0 Å². The molecule has 0 bridgehead atoms. The first-order valence-corrected chi connectivity index (χ1v) is 9.89. The zero-order valence-electron chi connectivity index (χ0n) is 14.9. The average Bonchev–Trinajstić information content (AvgIpc) is 3.11. The summed E-state index contributed by atoms with van der Waals surface area (Å²) in [6.45, 7) is 3.48. The van der Waals surface area contributed by atoms with Gasteiger partial charge in [0.25, 0.3) is 10.9 Å². The number of anilines is 1. The van der Waals surface area contributed by atoms with Crippen LogP contribution in [0, 0.1) is 24.0 Å². The van der Waals surface area contributed by atoms with E-state index in [1.165, 1.54) is 6.07 Å². The molecule has 0 aliphatic rings. The Morgan fingerprint density at radius 1 is 1.25 bits per heavy atom. The van der Waals surface area contributed by atoms with Gasteiger partial charge >= 0.3 is 0 Å². The number of benzene rings is 2. The molecule has 0 unspecified atom stereocenters. The van der Waals surface area contributed by atoms with Gasteiger partial charge < -0.3 is 9.73 Å². The van der Waals surface area contributed by atoms with Crippen LogP contribution in [0.2, 0.25) is 0 Å². The molecule has 2 aromatic carbocycles. The fourth-order valence-corrected chi connectivity index (χ4v) is 3.36. The van der Waals surface area contributed by atoms with Crippen molar-refractivity contribution in [1.29, 1.82) is 0 Å². The molecule has 8 nitrogen and oxygen atoms in total. The summed E-state index contributed by atoms with van der Waals surface area (Å²) in [6.07, 6.45) is 0. The lowest BCUT2D eigenvalue weighted by molar-refractivity contribution is -0.384. The third kappa shape index (κ3) is 4.76. The SMILES string of the molecule is Cc1cc(C)c(NC(=O)CSc2nnc(-c3ccc(Br)cc3)o2)c([N+](=O)[O-])c1. The maximum atomic E-state index is 12.3. The predicted molar refractivity (Wildman–Crippen MR) is 109 cm³/mol. The Kier molecular flexibility index (Phi) is 6.10. The number of nitrogens with zero attached hydrogens (tertiary/aromatic N) is 3. The van der Waals surface area contributed by atoms with E-state index in [1.54, 1.807) is 19.9 Å². The van der Waals surface area contributed by atoms with Crippen LogP contribution in [-0.2, 0) is 4.79 Å². The minimum Gasteiger partial charge on any atom is -0.411 e. The maximum absolute atomic E-state index is 12.3. The molecule has 0 aliphatic heterocycles. The monoisotopic (exact) mass is 462 g/mol. The van der Waals surface area contributed by atoms with Crippen LogP contribution in [-0.4, -0.2) is 26.8 Å². The molecular formula is C18H15BrN4O4S. The zero-order chi connectivity index (χ0) is 20.3. The number of nitro groups is 1. The third-order valence-corrected chi connectivity index (χ3v) is 5.09. The topological polar surface area (TPSA) is 111 Å². The fourth-order valence-electron chi connectivity index (χ4n) is 2.53. The number of nitro benzene ring substituents is 1. The fraction of sp³-hybridized carbons (Fsp3) is 0.167. The highest BCUT2D eigenvalue weighted by Crippen LogP contribution is 2.30. The quantitative estimate of drug-likeness (QED) is 0.319. The minimum atomic E-state index is -0.509. The molecular weight excluding hydrogens is 448 g/mol. The van der Waals surface area contributed by atoms with Gasteiger partial charge in [0.2, 0.25) is 11.8 Å². The van der Waals surface area contributed by atoms with Gasteiger partial charge in [0.15, 0.2) is 0 Å². The summed E-state index contributed by atoms with van der Waals surface area (Å²) in [5.41, 5.74) is 2.20. The highest BCUT2D eigenvalue weighted by Gasteiger charge is 2.19. The first-order valence-electron chi connectivity index (χ1n) is 8.11. The van der Waals surface area contributed by atoms with Gasteiger partial charge in [-0.05, 0) is 49.2 Å². The van der Waals surface area contributed by atoms with Gasteiger partial charge in [0.05, 0.1) is 10.7 Å². The Morgan fingerprint density at radius 2 is 1.96 bits per heavy atom. The lowest BCUT2D eigenvalue weighted by Gasteiger charge is -2.09. The zero-order valence-corrected chi connectivity index (χ0v) is 17.3. The summed E-state index contributed by atoms with van der Waals surface area (Å²) < 4.78 is 6.48. The molecule has 0 saturated heterocycles. The molecule has 0 fully saturated rings. The second-order valence-corrected chi connectivity index (χ2v) is 7.79. The summed E-state index contributed by atoms with van der Waals surface area (Å²) in [5.74, 6) is -0.0734. The lowest BCUT2D eigenvalue weighted by atomic mass is 10.1. The first kappa shape index (κ1) is 20.0. The maximum Gasteiger partial charge on any atom is 0.293 e. The predicted octanol–water partition coefficient (Wildman–Crippen LogP) is 4.75. The first-order chi connectivity index (χ1) is 13.3. The van der Waals surface area contributed by atoms with Crippen LogP contribution in [0.15, 0.2) is 50.5 Å². The van der Waals surface area contributed by atoms with Crippen LogP contribution in [0.25, 0.3) is 11.5 Å². The van der Waals surface area contributed by atoms with Gasteiger partial charge in [-0.15, -0.1) is 10.2 Å². The summed E-state index contributed by atoms with van der Waals surface area (Å²) in [7, 11) is 0. The molecule has 28 heavy (non-hydrogen) atoms. The Bertz CT molecular complexity index is 1040. The van der Waals surface area contributed by atoms with Crippen molar-refractivity contribution in [3.63, 3.8) is 0 Å². The molecule has 1 heterocycles. The van der Waals surface area contributed by atoms with Crippen molar-refractivity contribution < 1.29 is 14.1 Å². The van der Waals surface area contributed by atoms with Crippen molar-refractivity contribution in [1.82, 2.24) is 10.2 Å². The van der Waals surface area contributed by atoms with Crippen molar-refractivity contribution in [2.75, 3.05) is 11.1 Å². The number of aryl methyl sites for hydroxylation is 2. The van der Waals surface area contributed by atoms with E-state index in [-0.39, 0.29) is 22.4 Å². The van der Waals surface area contributed by atoms with Crippen molar-refractivity contribution in [2.45, 2.75) is 19.1 Å². The molecule has 1 N–H and O–H groups in total. The number of carbonyl (C=O) groups excluding carboxylic acids is 1. The number of thioether (sulfide) groups is 1. The number of halogens is 1. The molecule has 1 aromatic heterocycles. The summed E-state index contributed by atoms with van der Waals surface area (Å²) >= 11 is 4.41. The highest BCUT2D eigenvalue weighted by atomic mass is 79.9. The standard InChI is InChI=1S/C18H15BrN4O4S/c1-10-7-11(2)16(14(8-10)23(25)26)20-15(24)9-28-18-22-21-17(27-18)12-3-5-13(19)6-4-12/h3-8H,9H2,1-2H3,(H,20,24). The molecule has 0 aliphatic carbocycles. The van der Waals surface area contributed by atoms with Crippen LogP contribution in [0.1, 0.15) is 11.1 Å². The van der Waals surface area contributed by atoms with Crippen molar-refractivity contribution in [2.24, 2.45) is 0 Å². The van der Waals surface area contributed by atoms with E-state index in [0.29, 0.717) is 11.5 Å². The van der Waals surface area contributed by atoms with E-state index < -0.39 is 10.8 Å². The summed E-state index contributed by atoms with van der Waals surface area (Å²) in [4.78, 5) is 23.0. The van der Waals surface area contributed by atoms with Gasteiger partial charge in [0.1, 0.15) is 5.69 Å². The second-order valence-electron chi connectivity index (χ2n) is 5.95. The minimum absolute atomic E-state index is 0.0214. The third-order valence-electron chi connectivity index (χ3n) is 3.74. The van der Waals surface area contributed by atoms with E-state index in [2.05, 4.69) is 31.4 Å². The average molecular weight is 463 g/mol. The highest BCUT2D eigenvalue weighted by molar-refractivity contribution is 9.10. The van der Waals surface area contributed by atoms with E-state index in [4.69, 9.17) is 4.42 Å². The number of hydrogen-bond donors (Lipinski definition) is 1. The molecule has 0 spiro atoms. The number of rotatable bonds is 6. The Labute approximate surface area is 173 Å². The number of nitrogens with one attached hydrogen (secondary N) is 1. The van der Waals surface area contributed by atoms with Crippen LogP contribution in [0.5, 0.6) is 0 Å². The van der Waals surface area contributed by atoms with E-state index in [9.17, 15) is 14.9 Å². The van der Waals surface area contributed by atoms with Crippen molar-refractivity contribution >= 4 is 45.0 Å². The van der Waals surface area contributed by atoms with Crippen molar-refractivity contribution in [3.05, 3.63) is 62.1 Å². The molecule has 3 rings (SSSR count). The molecule has 1 amide bonds. The molecule has 0 radical (unpaired) electrons. The number of amides is 1. The van der Waals surface area contributed by atoms with E-state index >= 15 is 0 Å². The lowest BCUT2D eigenvalue weighted by Crippen LogP contribution is -2.16. The Morgan fingerprint density at radius 3 is 2.64 bits per heavy atom. The van der Waals surface area contributed by atoms with Crippen LogP contribution < -0.4 is 5.32 Å². The molecule has 0 atom stereocenters. The van der Waals surface area contributed by atoms with E-state index in [1.807, 2.05) is 24.3 Å². The van der Waals surface area contributed by atoms with Crippen LogP contribution >= 0.6 is 27.7 Å². The van der Waals surface area contributed by atoms with Gasteiger partial charge in [-0.3, -0.25) is 14.9 Å². The molecule has 3 aromatic rings. The molecule has 144 valence electrons. The summed E-state index contributed by atoms with van der Waals surface area (Å²) in [5, 5.41) is 22.0. The Hall–Kier alpha value is -2.72. The van der Waals surface area contributed by atoms with E-state index in [0.717, 1.165) is 27.4 Å². The van der Waals surface area contributed by atoms with Crippen LogP contribution in [0.3, 0.4) is 0 Å². The largest absolute Gasteiger partial charge is 0.411 e. The van der Waals surface area contributed by atoms with Gasteiger partial charge in [0, 0.05) is 16.1 Å². The second kappa shape index (κ2) is 8.53. The normalized spacial score (nSPS) is 10.7. The number of hydrogen-bond acceptors (Lipinski definition) is 7. The molecule has 0 saturated carbocycles. The molecule has 10 heteroatoms. The van der Waals surface area contributed by atoms with Crippen LogP contribution in [0.4, 0.5) is 11.4 Å². The van der Waals surface area contributed by atoms with Gasteiger partial charge in [-0.25, -0.2) is 0 Å². The number of carbonyl (C=O) groups is 1. The smallest absolute Gasteiger partial charge is 0.293 e. The van der Waals surface area contributed by atoms with Gasteiger partial charge in [-0.1, -0.05) is 33.8 Å². The number of aromatic nitrogens is 2. The van der Waals surface area contributed by atoms with Crippen molar-refractivity contribution in [3.8, 4) is 11.5 Å².